The lowest BCUT2D eigenvalue weighted by Crippen LogP contribution is -2.39. The van der Waals surface area contributed by atoms with E-state index in [0.29, 0.717) is 5.56 Å². The summed E-state index contributed by atoms with van der Waals surface area (Å²) in [7, 11) is 0. The average Bonchev–Trinajstić information content (AvgIpc) is 2.76. The number of rotatable bonds is 3. The number of benzene rings is 1. The summed E-state index contributed by atoms with van der Waals surface area (Å²) >= 11 is 0. The zero-order valence-corrected chi connectivity index (χ0v) is 10.2. The minimum atomic E-state index is -2.33. The zero-order chi connectivity index (χ0) is 14.0. The van der Waals surface area contributed by atoms with Crippen molar-refractivity contribution in [1.82, 2.24) is 4.90 Å². The third-order valence-electron chi connectivity index (χ3n) is 3.25. The summed E-state index contributed by atoms with van der Waals surface area (Å²) in [5, 5.41) is 17.9. The Labute approximate surface area is 109 Å². The molecular formula is C13H14FNO4. The number of hydrogen-bond donors (Lipinski definition) is 2. The number of likely N-dealkylation sites (tertiary alicyclic amines) is 1. The molecule has 1 aliphatic rings. The molecule has 1 amide bonds. The van der Waals surface area contributed by atoms with Crippen molar-refractivity contribution in [2.45, 2.75) is 18.5 Å². The van der Waals surface area contributed by atoms with Gasteiger partial charge in [0.15, 0.2) is 0 Å². The molecule has 2 rings (SSSR count). The van der Waals surface area contributed by atoms with Crippen molar-refractivity contribution in [3.63, 3.8) is 0 Å². The van der Waals surface area contributed by atoms with E-state index in [4.69, 9.17) is 10.2 Å². The maximum Gasteiger partial charge on any atom is 0.343 e. The Morgan fingerprint density at radius 1 is 1.32 bits per heavy atom. The highest BCUT2D eigenvalue weighted by atomic mass is 19.1. The van der Waals surface area contributed by atoms with Crippen LogP contribution in [0.25, 0.3) is 0 Å². The number of phenols is 1. The molecule has 0 spiro atoms. The molecule has 1 fully saturated rings. The van der Waals surface area contributed by atoms with Gasteiger partial charge >= 0.3 is 5.97 Å². The fourth-order valence-electron chi connectivity index (χ4n) is 2.06. The lowest BCUT2D eigenvalue weighted by molar-refractivity contribution is -0.150. The fourth-order valence-corrected chi connectivity index (χ4v) is 2.06. The molecule has 0 radical (unpaired) electrons. The normalized spacial score (nSPS) is 22.5. The summed E-state index contributed by atoms with van der Waals surface area (Å²) in [6, 6.07) is 6.12. The first-order valence-electron chi connectivity index (χ1n) is 5.89. The quantitative estimate of drug-likeness (QED) is 0.855. The second-order valence-electron chi connectivity index (χ2n) is 4.68. The molecule has 102 valence electrons. The van der Waals surface area contributed by atoms with Gasteiger partial charge in [-0.2, -0.15) is 0 Å². The van der Waals surface area contributed by atoms with E-state index in [1.165, 1.54) is 17.0 Å². The SMILES string of the molecule is O=C(Cc1ccc(O)cc1)N1CCC(F)(C(=O)O)C1. The molecule has 0 aromatic heterocycles. The summed E-state index contributed by atoms with van der Waals surface area (Å²) in [5.41, 5.74) is -1.64. The van der Waals surface area contributed by atoms with Crippen LogP contribution in [0.1, 0.15) is 12.0 Å². The molecule has 1 saturated heterocycles. The van der Waals surface area contributed by atoms with E-state index in [-0.39, 0.29) is 31.0 Å². The van der Waals surface area contributed by atoms with Gasteiger partial charge in [0.05, 0.1) is 13.0 Å². The minimum absolute atomic E-state index is 0.0655. The van der Waals surface area contributed by atoms with Gasteiger partial charge in [-0.25, -0.2) is 9.18 Å². The number of aliphatic carboxylic acids is 1. The van der Waals surface area contributed by atoms with E-state index >= 15 is 0 Å². The summed E-state index contributed by atoms with van der Waals surface area (Å²) in [6.07, 6.45) is -0.111. The molecule has 1 atom stereocenters. The van der Waals surface area contributed by atoms with Crippen molar-refractivity contribution < 1.29 is 24.2 Å². The van der Waals surface area contributed by atoms with E-state index < -0.39 is 18.2 Å². The fraction of sp³-hybridized carbons (Fsp3) is 0.385. The topological polar surface area (TPSA) is 77.8 Å². The van der Waals surface area contributed by atoms with Crippen molar-refractivity contribution in [3.8, 4) is 5.75 Å². The van der Waals surface area contributed by atoms with Gasteiger partial charge in [0.25, 0.3) is 0 Å². The van der Waals surface area contributed by atoms with Crippen LogP contribution < -0.4 is 0 Å². The minimum Gasteiger partial charge on any atom is -0.508 e. The van der Waals surface area contributed by atoms with Gasteiger partial charge < -0.3 is 15.1 Å². The monoisotopic (exact) mass is 267 g/mol. The highest BCUT2D eigenvalue weighted by molar-refractivity contribution is 5.83. The van der Waals surface area contributed by atoms with E-state index in [1.54, 1.807) is 12.1 Å². The number of amides is 1. The largest absolute Gasteiger partial charge is 0.508 e. The molecule has 1 aliphatic heterocycles. The Balaban J connectivity index is 1.98. The van der Waals surface area contributed by atoms with Gasteiger partial charge in [-0.15, -0.1) is 0 Å². The highest BCUT2D eigenvalue weighted by Crippen LogP contribution is 2.26. The molecule has 5 nitrogen and oxygen atoms in total. The van der Waals surface area contributed by atoms with Gasteiger partial charge in [0.1, 0.15) is 5.75 Å². The van der Waals surface area contributed by atoms with Crippen molar-refractivity contribution >= 4 is 11.9 Å². The van der Waals surface area contributed by atoms with Crippen molar-refractivity contribution in [2.24, 2.45) is 0 Å². The molecule has 1 heterocycles. The summed E-state index contributed by atoms with van der Waals surface area (Å²) in [6.45, 7) is -0.293. The number of carboxylic acid groups (broad SMARTS) is 1. The van der Waals surface area contributed by atoms with Crippen LogP contribution >= 0.6 is 0 Å². The molecular weight excluding hydrogens is 253 g/mol. The van der Waals surface area contributed by atoms with Crippen molar-refractivity contribution in [3.05, 3.63) is 29.8 Å². The molecule has 0 bridgehead atoms. The maximum absolute atomic E-state index is 13.8. The Morgan fingerprint density at radius 2 is 1.95 bits per heavy atom. The van der Waals surface area contributed by atoms with Crippen LogP contribution in [0.5, 0.6) is 5.75 Å². The smallest absolute Gasteiger partial charge is 0.343 e. The zero-order valence-electron chi connectivity index (χ0n) is 10.2. The molecule has 2 N–H and O–H groups in total. The first-order chi connectivity index (χ1) is 8.90. The number of carbonyl (C=O) groups excluding carboxylic acids is 1. The standard InChI is InChI=1S/C13H14FNO4/c14-13(12(18)19)5-6-15(8-13)11(17)7-9-1-3-10(16)4-2-9/h1-4,16H,5-8H2,(H,18,19). The lowest BCUT2D eigenvalue weighted by Gasteiger charge is -2.17. The van der Waals surface area contributed by atoms with Gasteiger partial charge in [-0.05, 0) is 17.7 Å². The predicted octanol–water partition coefficient (Wildman–Crippen LogP) is 0.960. The first-order valence-corrected chi connectivity index (χ1v) is 5.89. The Bertz CT molecular complexity index is 502. The molecule has 0 aliphatic carbocycles. The predicted molar refractivity (Wildman–Crippen MR) is 64.5 cm³/mol. The highest BCUT2D eigenvalue weighted by Gasteiger charge is 2.46. The number of nitrogens with zero attached hydrogens (tertiary/aromatic N) is 1. The molecule has 1 aromatic carbocycles. The van der Waals surface area contributed by atoms with Crippen LogP contribution in [0.3, 0.4) is 0 Å². The van der Waals surface area contributed by atoms with Crippen LogP contribution in [0.15, 0.2) is 24.3 Å². The van der Waals surface area contributed by atoms with Gasteiger partial charge in [-0.3, -0.25) is 4.79 Å². The Hall–Kier alpha value is -2.11. The molecule has 19 heavy (non-hydrogen) atoms. The summed E-state index contributed by atoms with van der Waals surface area (Å²) in [4.78, 5) is 23.9. The maximum atomic E-state index is 13.8. The van der Waals surface area contributed by atoms with Crippen LogP contribution in [-0.2, 0) is 16.0 Å². The third kappa shape index (κ3) is 2.83. The van der Waals surface area contributed by atoms with E-state index in [2.05, 4.69) is 0 Å². The third-order valence-corrected chi connectivity index (χ3v) is 3.25. The average molecular weight is 267 g/mol. The summed E-state index contributed by atoms with van der Waals surface area (Å²) < 4.78 is 13.8. The number of hydrogen-bond acceptors (Lipinski definition) is 3. The van der Waals surface area contributed by atoms with Crippen LogP contribution in [0, 0.1) is 0 Å². The second kappa shape index (κ2) is 4.87. The van der Waals surface area contributed by atoms with Crippen molar-refractivity contribution in [2.75, 3.05) is 13.1 Å². The van der Waals surface area contributed by atoms with Gasteiger partial charge in [0, 0.05) is 13.0 Å². The van der Waals surface area contributed by atoms with E-state index in [0.717, 1.165) is 0 Å². The van der Waals surface area contributed by atoms with E-state index in [9.17, 15) is 14.0 Å². The lowest BCUT2D eigenvalue weighted by atomic mass is 10.1. The second-order valence-corrected chi connectivity index (χ2v) is 4.68. The number of aromatic hydroxyl groups is 1. The number of phenolic OH excluding ortho intramolecular Hbond substituents is 1. The van der Waals surface area contributed by atoms with Gasteiger partial charge in [0.2, 0.25) is 11.6 Å². The Kier molecular flexibility index (Phi) is 3.42. The number of halogens is 1. The number of alkyl halides is 1. The molecule has 1 aromatic rings. The molecule has 1 unspecified atom stereocenters. The number of carbonyl (C=O) groups is 2. The van der Waals surface area contributed by atoms with Gasteiger partial charge in [-0.1, -0.05) is 12.1 Å². The van der Waals surface area contributed by atoms with Crippen molar-refractivity contribution in [1.29, 1.82) is 0 Å². The van der Waals surface area contributed by atoms with Crippen LogP contribution in [0.4, 0.5) is 4.39 Å². The molecule has 6 heteroatoms. The Morgan fingerprint density at radius 3 is 2.47 bits per heavy atom. The van der Waals surface area contributed by atoms with E-state index in [1.807, 2.05) is 0 Å². The van der Waals surface area contributed by atoms with Crippen LogP contribution in [0.2, 0.25) is 0 Å². The molecule has 0 saturated carbocycles. The summed E-state index contributed by atoms with van der Waals surface area (Å²) in [5.74, 6) is -1.73. The van der Waals surface area contributed by atoms with Crippen LogP contribution in [-0.4, -0.2) is 45.7 Å². The number of carboxylic acids is 1. The first kappa shape index (κ1) is 13.3.